The molecule has 1 aromatic carbocycles. The second-order valence-corrected chi connectivity index (χ2v) is 4.52. The van der Waals surface area contributed by atoms with Gasteiger partial charge in [0.05, 0.1) is 0 Å². The molecule has 1 rings (SSSR count). The van der Waals surface area contributed by atoms with Gasteiger partial charge in [-0.1, -0.05) is 0 Å². The molecule has 0 amide bonds. The second-order valence-electron chi connectivity index (χ2n) is 4.52. The molecule has 0 fully saturated rings. The van der Waals surface area contributed by atoms with E-state index in [-0.39, 0.29) is 11.4 Å². The third-order valence-corrected chi connectivity index (χ3v) is 1.83. The smallest absolute Gasteiger partial charge is 0.162 e. The Kier molecular flexibility index (Phi) is 3.03. The molecule has 0 aliphatic carbocycles. The van der Waals surface area contributed by atoms with E-state index in [1.165, 1.54) is 6.92 Å². The number of nitrogen functional groups attached to an aromatic ring is 1. The van der Waals surface area contributed by atoms with Crippen LogP contribution in [-0.4, -0.2) is 11.4 Å². The molecule has 15 heavy (non-hydrogen) atoms. The summed E-state index contributed by atoms with van der Waals surface area (Å²) in [6, 6.07) is 5.15. The van der Waals surface area contributed by atoms with E-state index in [1.807, 2.05) is 20.8 Å². The van der Waals surface area contributed by atoms with Crippen molar-refractivity contribution in [3.63, 3.8) is 0 Å². The van der Waals surface area contributed by atoms with E-state index in [0.717, 1.165) is 0 Å². The number of rotatable bonds is 2. The highest BCUT2D eigenvalue weighted by molar-refractivity contribution is 5.99. The van der Waals surface area contributed by atoms with Crippen LogP contribution in [0.3, 0.4) is 0 Å². The Labute approximate surface area is 90.2 Å². The number of ether oxygens (including phenoxy) is 1. The zero-order valence-corrected chi connectivity index (χ0v) is 9.63. The van der Waals surface area contributed by atoms with Crippen molar-refractivity contribution in [2.45, 2.75) is 33.3 Å². The maximum absolute atomic E-state index is 11.2. The summed E-state index contributed by atoms with van der Waals surface area (Å²) in [5.74, 6) is 0.619. The molecule has 3 heteroatoms. The molecular weight excluding hydrogens is 190 g/mol. The number of nitrogens with two attached hydrogens (primary N) is 1. The Bertz CT molecular complexity index is 378. The van der Waals surface area contributed by atoms with Gasteiger partial charge in [-0.05, 0) is 45.9 Å². The van der Waals surface area contributed by atoms with Gasteiger partial charge in [-0.3, -0.25) is 4.79 Å². The predicted molar refractivity (Wildman–Crippen MR) is 61.2 cm³/mol. The van der Waals surface area contributed by atoms with Crippen LogP contribution in [0.2, 0.25) is 0 Å². The van der Waals surface area contributed by atoms with Crippen molar-refractivity contribution in [1.82, 2.24) is 0 Å². The molecule has 1 aromatic rings. The van der Waals surface area contributed by atoms with Gasteiger partial charge in [0.25, 0.3) is 0 Å². The quantitative estimate of drug-likeness (QED) is 0.599. The van der Waals surface area contributed by atoms with Crippen LogP contribution >= 0.6 is 0 Å². The molecule has 0 radical (unpaired) electrons. The number of carbonyl (C=O) groups excluding carboxylic acids is 1. The number of hydrogen-bond acceptors (Lipinski definition) is 3. The van der Waals surface area contributed by atoms with E-state index in [2.05, 4.69) is 0 Å². The molecule has 0 aromatic heterocycles. The van der Waals surface area contributed by atoms with Gasteiger partial charge in [-0.2, -0.15) is 0 Å². The lowest BCUT2D eigenvalue weighted by Crippen LogP contribution is -2.23. The van der Waals surface area contributed by atoms with E-state index in [1.54, 1.807) is 18.2 Å². The standard InChI is InChI=1S/C12H17NO2/c1-8(14)10-7-9(5-6-11(10)13)15-12(2,3)4/h5-7H,13H2,1-4H3. The Hall–Kier alpha value is -1.51. The van der Waals surface area contributed by atoms with Crippen LogP contribution in [0.1, 0.15) is 38.1 Å². The molecule has 0 saturated heterocycles. The second kappa shape index (κ2) is 3.93. The summed E-state index contributed by atoms with van der Waals surface area (Å²) >= 11 is 0. The minimum absolute atomic E-state index is 0.0492. The van der Waals surface area contributed by atoms with Crippen molar-refractivity contribution < 1.29 is 9.53 Å². The molecule has 0 bridgehead atoms. The SMILES string of the molecule is CC(=O)c1cc(OC(C)(C)C)ccc1N. The first-order chi connectivity index (χ1) is 6.79. The predicted octanol–water partition coefficient (Wildman–Crippen LogP) is 2.65. The van der Waals surface area contributed by atoms with Crippen molar-refractivity contribution in [2.75, 3.05) is 5.73 Å². The van der Waals surface area contributed by atoms with Gasteiger partial charge in [0, 0.05) is 11.3 Å². The average molecular weight is 207 g/mol. The van der Waals surface area contributed by atoms with Crippen molar-refractivity contribution in [3.8, 4) is 5.75 Å². The summed E-state index contributed by atoms with van der Waals surface area (Å²) in [7, 11) is 0. The van der Waals surface area contributed by atoms with Crippen molar-refractivity contribution in [3.05, 3.63) is 23.8 Å². The number of ketones is 1. The van der Waals surface area contributed by atoms with Crippen LogP contribution in [0.5, 0.6) is 5.75 Å². The number of benzene rings is 1. The Morgan fingerprint density at radius 2 is 1.93 bits per heavy atom. The zero-order valence-electron chi connectivity index (χ0n) is 9.63. The largest absolute Gasteiger partial charge is 0.488 e. The molecule has 0 unspecified atom stereocenters. The summed E-state index contributed by atoms with van der Waals surface area (Å²) < 4.78 is 5.64. The molecule has 0 atom stereocenters. The number of carbonyl (C=O) groups is 1. The maximum atomic E-state index is 11.2. The first kappa shape index (κ1) is 11.6. The van der Waals surface area contributed by atoms with Gasteiger partial charge in [-0.15, -0.1) is 0 Å². The van der Waals surface area contributed by atoms with E-state index in [4.69, 9.17) is 10.5 Å². The summed E-state index contributed by atoms with van der Waals surface area (Å²) in [4.78, 5) is 11.2. The molecule has 82 valence electrons. The maximum Gasteiger partial charge on any atom is 0.162 e. The molecule has 0 saturated carbocycles. The van der Waals surface area contributed by atoms with Crippen LogP contribution in [-0.2, 0) is 0 Å². The van der Waals surface area contributed by atoms with Crippen LogP contribution in [0, 0.1) is 0 Å². The van der Waals surface area contributed by atoms with Crippen LogP contribution in [0.25, 0.3) is 0 Å². The molecule has 0 aliphatic rings. The molecule has 3 nitrogen and oxygen atoms in total. The van der Waals surface area contributed by atoms with Gasteiger partial charge in [0.15, 0.2) is 5.78 Å². The highest BCUT2D eigenvalue weighted by Gasteiger charge is 2.13. The first-order valence-electron chi connectivity index (χ1n) is 4.89. The molecule has 0 aliphatic heterocycles. The molecule has 2 N–H and O–H groups in total. The summed E-state index contributed by atoms with van der Waals surface area (Å²) in [5.41, 5.74) is 6.40. The minimum Gasteiger partial charge on any atom is -0.488 e. The summed E-state index contributed by atoms with van der Waals surface area (Å²) in [5, 5.41) is 0. The van der Waals surface area contributed by atoms with Crippen LogP contribution in [0.4, 0.5) is 5.69 Å². The Balaban J connectivity index is 3.03. The monoisotopic (exact) mass is 207 g/mol. The Morgan fingerprint density at radius 1 is 1.33 bits per heavy atom. The van der Waals surface area contributed by atoms with Crippen molar-refractivity contribution in [1.29, 1.82) is 0 Å². The van der Waals surface area contributed by atoms with Gasteiger partial charge in [-0.25, -0.2) is 0 Å². The van der Waals surface area contributed by atoms with E-state index >= 15 is 0 Å². The van der Waals surface area contributed by atoms with E-state index < -0.39 is 0 Å². The lowest BCUT2D eigenvalue weighted by Gasteiger charge is -2.21. The van der Waals surface area contributed by atoms with Crippen molar-refractivity contribution in [2.24, 2.45) is 0 Å². The third-order valence-electron chi connectivity index (χ3n) is 1.83. The van der Waals surface area contributed by atoms with E-state index in [0.29, 0.717) is 17.0 Å². The van der Waals surface area contributed by atoms with Gasteiger partial charge >= 0.3 is 0 Å². The van der Waals surface area contributed by atoms with Gasteiger partial charge in [0.2, 0.25) is 0 Å². The summed E-state index contributed by atoms with van der Waals surface area (Å²) in [6.07, 6.45) is 0. The third kappa shape index (κ3) is 3.27. The lowest BCUT2D eigenvalue weighted by atomic mass is 10.1. The lowest BCUT2D eigenvalue weighted by molar-refractivity contribution is 0.101. The zero-order chi connectivity index (χ0) is 11.6. The summed E-state index contributed by atoms with van der Waals surface area (Å²) in [6.45, 7) is 7.36. The highest BCUT2D eigenvalue weighted by atomic mass is 16.5. The average Bonchev–Trinajstić information content (AvgIpc) is 2.05. The normalized spacial score (nSPS) is 11.2. The van der Waals surface area contributed by atoms with E-state index in [9.17, 15) is 4.79 Å². The molecular formula is C12H17NO2. The first-order valence-corrected chi connectivity index (χ1v) is 4.89. The molecule has 0 heterocycles. The van der Waals surface area contributed by atoms with Crippen LogP contribution < -0.4 is 10.5 Å². The fourth-order valence-corrected chi connectivity index (χ4v) is 1.26. The number of anilines is 1. The van der Waals surface area contributed by atoms with Crippen LogP contribution in [0.15, 0.2) is 18.2 Å². The Morgan fingerprint density at radius 3 is 2.40 bits per heavy atom. The minimum atomic E-state index is -0.274. The van der Waals surface area contributed by atoms with Crippen molar-refractivity contribution >= 4 is 11.5 Å². The number of hydrogen-bond donors (Lipinski definition) is 1. The number of Topliss-reactive ketones (excluding diaryl/α,β-unsaturated/α-hetero) is 1. The fourth-order valence-electron chi connectivity index (χ4n) is 1.26. The molecule has 0 spiro atoms. The fraction of sp³-hybridized carbons (Fsp3) is 0.417. The topological polar surface area (TPSA) is 52.3 Å². The van der Waals surface area contributed by atoms with Gasteiger partial charge in [0.1, 0.15) is 11.4 Å². The van der Waals surface area contributed by atoms with Gasteiger partial charge < -0.3 is 10.5 Å². The highest BCUT2D eigenvalue weighted by Crippen LogP contribution is 2.23.